The third-order valence-electron chi connectivity index (χ3n) is 9.97. The molecule has 1 aliphatic heterocycles. The Morgan fingerprint density at radius 1 is 1.07 bits per heavy atom. The number of carbonyl (C=O) groups excluding carboxylic acids is 2. The minimum atomic E-state index is -3.77. The van der Waals surface area contributed by atoms with Gasteiger partial charge in [-0.2, -0.15) is 0 Å². The minimum Gasteiger partial charge on any atom is -0.490 e. The van der Waals surface area contributed by atoms with E-state index in [9.17, 15) is 18.0 Å². The SMILES string of the molecule is CC(C)(C(=O)NS(C)(=O)=O)c1ccc(O[C@@H]2CC[C@@H](NC(=O)[C@]3(F)CNC4(CCC4)C3)C2)c(-c2cccc(F)c2C2CC2)c1. The van der Waals surface area contributed by atoms with Crippen LogP contribution in [0.2, 0.25) is 0 Å². The summed E-state index contributed by atoms with van der Waals surface area (Å²) in [5, 5.41) is 6.17. The van der Waals surface area contributed by atoms with Gasteiger partial charge in [-0.15, -0.1) is 0 Å². The molecule has 11 heteroatoms. The van der Waals surface area contributed by atoms with Crippen molar-refractivity contribution >= 4 is 21.8 Å². The first kappa shape index (κ1) is 31.0. The zero-order valence-corrected chi connectivity index (χ0v) is 26.3. The van der Waals surface area contributed by atoms with E-state index in [1.54, 1.807) is 38.1 Å². The number of ether oxygens (including phenoxy) is 1. The molecule has 4 fully saturated rings. The van der Waals surface area contributed by atoms with Crippen molar-refractivity contribution in [3.05, 3.63) is 53.3 Å². The summed E-state index contributed by atoms with van der Waals surface area (Å²) < 4.78 is 62.9. The monoisotopic (exact) mass is 629 g/mol. The Kier molecular flexibility index (Phi) is 7.80. The van der Waals surface area contributed by atoms with Gasteiger partial charge in [-0.3, -0.25) is 14.3 Å². The first-order chi connectivity index (χ1) is 20.7. The van der Waals surface area contributed by atoms with Gasteiger partial charge in [0, 0.05) is 36.5 Å². The van der Waals surface area contributed by atoms with Gasteiger partial charge in [-0.1, -0.05) is 18.2 Å². The number of carbonyl (C=O) groups is 2. The number of rotatable bonds is 9. The first-order valence-electron chi connectivity index (χ1n) is 15.6. The van der Waals surface area contributed by atoms with E-state index in [4.69, 9.17) is 4.74 Å². The van der Waals surface area contributed by atoms with Gasteiger partial charge in [-0.05, 0) is 99.6 Å². The third-order valence-corrected chi connectivity index (χ3v) is 10.5. The van der Waals surface area contributed by atoms with Crippen LogP contribution in [-0.4, -0.2) is 56.4 Å². The highest BCUT2D eigenvalue weighted by atomic mass is 32.2. The summed E-state index contributed by atoms with van der Waals surface area (Å²) in [7, 11) is -3.77. The van der Waals surface area contributed by atoms with Crippen LogP contribution in [0.4, 0.5) is 8.78 Å². The maximum absolute atomic E-state index is 15.6. The van der Waals surface area contributed by atoms with Crippen LogP contribution in [0.25, 0.3) is 11.1 Å². The molecule has 2 amide bonds. The van der Waals surface area contributed by atoms with E-state index in [-0.39, 0.29) is 42.4 Å². The van der Waals surface area contributed by atoms with Gasteiger partial charge in [0.05, 0.1) is 11.7 Å². The molecule has 4 aliphatic rings. The number of sulfonamides is 1. The fourth-order valence-corrected chi connectivity index (χ4v) is 7.59. The molecule has 0 radical (unpaired) electrons. The largest absolute Gasteiger partial charge is 0.490 e. The standard InChI is InChI=1S/C33H41F2N3O5S/c1-31(2,29(39)38-44(3,41)42)21-10-13-27(25(16-21)24-6-4-7-26(34)28(24)20-8-9-20)43-23-12-11-22(17-23)37-30(40)33(35)18-32(36-19-33)14-5-15-32/h4,6-7,10,13,16,20,22-23,36H,5,8-9,11-12,14-15,17-19H2,1-3H3,(H,37,40)(H,38,39)/t22-,23-,33-/m1/s1. The number of alkyl halides is 1. The number of hydrogen-bond acceptors (Lipinski definition) is 6. The van der Waals surface area contributed by atoms with Gasteiger partial charge in [0.25, 0.3) is 5.91 Å². The lowest BCUT2D eigenvalue weighted by molar-refractivity contribution is -0.133. The second-order valence-electron chi connectivity index (χ2n) is 13.9. The van der Waals surface area contributed by atoms with Crippen LogP contribution in [0.3, 0.4) is 0 Å². The van der Waals surface area contributed by atoms with Gasteiger partial charge < -0.3 is 15.4 Å². The van der Waals surface area contributed by atoms with Crippen LogP contribution in [0.1, 0.15) is 88.7 Å². The Hall–Kier alpha value is -3.05. The lowest BCUT2D eigenvalue weighted by atomic mass is 9.74. The molecule has 2 aromatic rings. The van der Waals surface area contributed by atoms with E-state index in [0.717, 1.165) is 38.4 Å². The van der Waals surface area contributed by atoms with Crippen molar-refractivity contribution in [3.8, 4) is 16.9 Å². The number of hydrogen-bond donors (Lipinski definition) is 3. The van der Waals surface area contributed by atoms with Crippen molar-refractivity contribution in [2.45, 2.75) is 106 Å². The van der Waals surface area contributed by atoms with E-state index >= 15 is 8.78 Å². The van der Waals surface area contributed by atoms with Crippen molar-refractivity contribution in [3.63, 3.8) is 0 Å². The van der Waals surface area contributed by atoms with Crippen molar-refractivity contribution < 1.29 is 31.5 Å². The summed E-state index contributed by atoms with van der Waals surface area (Å²) in [5.74, 6) is -0.946. The van der Waals surface area contributed by atoms with Gasteiger partial charge in [0.15, 0.2) is 0 Å². The Labute approximate surface area is 257 Å². The Morgan fingerprint density at radius 2 is 1.82 bits per heavy atom. The average Bonchev–Trinajstić information content (AvgIpc) is 3.55. The summed E-state index contributed by atoms with van der Waals surface area (Å²) in [5.41, 5.74) is -0.923. The van der Waals surface area contributed by atoms with Crippen molar-refractivity contribution in [1.82, 2.24) is 15.4 Å². The Balaban J connectivity index is 1.24. The average molecular weight is 630 g/mol. The molecular formula is C33H41F2N3O5S. The lowest BCUT2D eigenvalue weighted by Crippen LogP contribution is -2.49. The molecule has 2 aromatic carbocycles. The molecule has 1 saturated heterocycles. The fraction of sp³-hybridized carbons (Fsp3) is 0.576. The maximum atomic E-state index is 15.6. The topological polar surface area (TPSA) is 114 Å². The summed E-state index contributed by atoms with van der Waals surface area (Å²) >= 11 is 0. The molecule has 3 aliphatic carbocycles. The van der Waals surface area contributed by atoms with Gasteiger partial charge in [0.2, 0.25) is 21.6 Å². The molecule has 3 saturated carbocycles. The van der Waals surface area contributed by atoms with Crippen LogP contribution in [0.5, 0.6) is 5.75 Å². The highest BCUT2D eigenvalue weighted by Crippen LogP contribution is 2.48. The molecule has 3 N–H and O–H groups in total. The van der Waals surface area contributed by atoms with Crippen molar-refractivity contribution in [2.24, 2.45) is 0 Å². The number of amides is 2. The van der Waals surface area contributed by atoms with E-state index in [2.05, 4.69) is 15.4 Å². The molecule has 0 unspecified atom stereocenters. The second-order valence-corrected chi connectivity index (χ2v) is 15.6. The van der Waals surface area contributed by atoms with Crippen LogP contribution in [0.15, 0.2) is 36.4 Å². The normalized spacial score (nSPS) is 26.3. The van der Waals surface area contributed by atoms with Crippen LogP contribution < -0.4 is 20.1 Å². The van der Waals surface area contributed by atoms with E-state index in [0.29, 0.717) is 47.3 Å². The molecular weight excluding hydrogens is 588 g/mol. The highest BCUT2D eigenvalue weighted by Gasteiger charge is 2.55. The third kappa shape index (κ3) is 6.09. The number of benzene rings is 2. The Bertz CT molecular complexity index is 1590. The molecule has 44 heavy (non-hydrogen) atoms. The van der Waals surface area contributed by atoms with Crippen molar-refractivity contribution in [1.29, 1.82) is 0 Å². The summed E-state index contributed by atoms with van der Waals surface area (Å²) in [6.45, 7) is 3.31. The molecule has 0 aromatic heterocycles. The zero-order valence-electron chi connectivity index (χ0n) is 25.5. The molecule has 6 rings (SSSR count). The predicted octanol–water partition coefficient (Wildman–Crippen LogP) is 4.76. The fourth-order valence-electron chi connectivity index (χ4n) is 7.00. The Morgan fingerprint density at radius 3 is 2.45 bits per heavy atom. The second kappa shape index (κ2) is 11.1. The summed E-state index contributed by atoms with van der Waals surface area (Å²) in [6.07, 6.45) is 7.28. The van der Waals surface area contributed by atoms with Gasteiger partial charge >= 0.3 is 0 Å². The van der Waals surface area contributed by atoms with Gasteiger partial charge in [-0.25, -0.2) is 17.2 Å². The van der Waals surface area contributed by atoms with E-state index in [1.165, 1.54) is 6.07 Å². The molecule has 1 spiro atoms. The molecule has 0 bridgehead atoms. The molecule has 8 nitrogen and oxygen atoms in total. The van der Waals surface area contributed by atoms with E-state index in [1.807, 2.05) is 6.07 Å². The highest BCUT2D eigenvalue weighted by molar-refractivity contribution is 7.89. The van der Waals surface area contributed by atoms with Crippen molar-refractivity contribution in [2.75, 3.05) is 12.8 Å². The molecule has 1 heterocycles. The van der Waals surface area contributed by atoms with Gasteiger partial charge in [0.1, 0.15) is 17.7 Å². The van der Waals surface area contributed by atoms with Crippen LogP contribution >= 0.6 is 0 Å². The quantitative estimate of drug-likeness (QED) is 0.369. The summed E-state index contributed by atoms with van der Waals surface area (Å²) in [4.78, 5) is 26.0. The smallest absolute Gasteiger partial charge is 0.259 e. The lowest BCUT2D eigenvalue weighted by Gasteiger charge is -2.38. The minimum absolute atomic E-state index is 0.0384. The predicted molar refractivity (Wildman–Crippen MR) is 163 cm³/mol. The zero-order chi connectivity index (χ0) is 31.5. The summed E-state index contributed by atoms with van der Waals surface area (Å²) in [6, 6.07) is 9.95. The number of halogens is 2. The molecule has 3 atom stereocenters. The molecule has 238 valence electrons. The van der Waals surface area contributed by atoms with Crippen LogP contribution in [-0.2, 0) is 25.0 Å². The van der Waals surface area contributed by atoms with Crippen LogP contribution in [0, 0.1) is 5.82 Å². The maximum Gasteiger partial charge on any atom is 0.259 e. The van der Waals surface area contributed by atoms with E-state index < -0.39 is 32.9 Å². The number of nitrogens with one attached hydrogen (secondary N) is 3. The first-order valence-corrected chi connectivity index (χ1v) is 17.4.